The number of hydrogen-bond acceptors (Lipinski definition) is 2. The van der Waals surface area contributed by atoms with Crippen LogP contribution in [-0.4, -0.2) is 6.10 Å². The molecule has 14 heavy (non-hydrogen) atoms. The van der Waals surface area contributed by atoms with Crippen molar-refractivity contribution >= 4 is 15.9 Å². The third kappa shape index (κ3) is 3.04. The van der Waals surface area contributed by atoms with Crippen LogP contribution >= 0.6 is 15.9 Å². The summed E-state index contributed by atoms with van der Waals surface area (Å²) in [6, 6.07) is 9.78. The number of hydrogen-bond donors (Lipinski definition) is 0. The van der Waals surface area contributed by atoms with Crippen molar-refractivity contribution in [1.29, 1.82) is 5.26 Å². The number of halogens is 1. The fourth-order valence-electron chi connectivity index (χ4n) is 1.09. The van der Waals surface area contributed by atoms with Gasteiger partial charge in [0.2, 0.25) is 0 Å². The number of rotatable bonds is 4. The van der Waals surface area contributed by atoms with E-state index in [4.69, 9.17) is 10.00 Å². The fourth-order valence-corrected chi connectivity index (χ4v) is 1.47. The SMILES string of the molecule is CCC(CC#N)Oc1ccccc1Br. The Bertz CT molecular complexity index is 332. The zero-order valence-corrected chi connectivity index (χ0v) is 9.62. The second kappa shape index (κ2) is 5.66. The topological polar surface area (TPSA) is 33.0 Å². The lowest BCUT2D eigenvalue weighted by atomic mass is 10.2. The molecular formula is C11H12BrNO. The molecule has 0 heterocycles. The molecule has 0 N–H and O–H groups in total. The van der Waals surface area contributed by atoms with Crippen LogP contribution in [0.25, 0.3) is 0 Å². The van der Waals surface area contributed by atoms with Crippen molar-refractivity contribution in [3.8, 4) is 11.8 Å². The molecule has 1 aromatic carbocycles. The summed E-state index contributed by atoms with van der Waals surface area (Å²) in [6.45, 7) is 2.01. The Morgan fingerprint density at radius 1 is 1.50 bits per heavy atom. The first-order valence-corrected chi connectivity index (χ1v) is 5.35. The maximum Gasteiger partial charge on any atom is 0.133 e. The predicted octanol–water partition coefficient (Wildman–Crippen LogP) is 3.52. The van der Waals surface area contributed by atoms with Crippen molar-refractivity contribution in [3.05, 3.63) is 28.7 Å². The van der Waals surface area contributed by atoms with Gasteiger partial charge in [-0.15, -0.1) is 0 Å². The van der Waals surface area contributed by atoms with Gasteiger partial charge in [-0.05, 0) is 34.5 Å². The Morgan fingerprint density at radius 3 is 2.79 bits per heavy atom. The van der Waals surface area contributed by atoms with E-state index in [1.165, 1.54) is 0 Å². The molecule has 1 aromatic rings. The van der Waals surface area contributed by atoms with E-state index in [2.05, 4.69) is 22.0 Å². The van der Waals surface area contributed by atoms with Gasteiger partial charge >= 0.3 is 0 Å². The molecule has 3 heteroatoms. The first-order valence-electron chi connectivity index (χ1n) is 4.56. The second-order valence-corrected chi connectivity index (χ2v) is 3.80. The second-order valence-electron chi connectivity index (χ2n) is 2.94. The number of nitrogens with zero attached hydrogens (tertiary/aromatic N) is 1. The smallest absolute Gasteiger partial charge is 0.133 e. The number of benzene rings is 1. The summed E-state index contributed by atoms with van der Waals surface area (Å²) in [5, 5.41) is 8.57. The molecule has 1 unspecified atom stereocenters. The van der Waals surface area contributed by atoms with Crippen LogP contribution in [0, 0.1) is 11.3 Å². The van der Waals surface area contributed by atoms with E-state index in [1.807, 2.05) is 31.2 Å². The van der Waals surface area contributed by atoms with Gasteiger partial charge in [-0.3, -0.25) is 0 Å². The molecule has 0 saturated carbocycles. The largest absolute Gasteiger partial charge is 0.488 e. The van der Waals surface area contributed by atoms with Crippen molar-refractivity contribution in [2.45, 2.75) is 25.9 Å². The Balaban J connectivity index is 2.68. The molecule has 0 amide bonds. The van der Waals surface area contributed by atoms with Crippen LogP contribution in [0.4, 0.5) is 0 Å². The van der Waals surface area contributed by atoms with Gasteiger partial charge in [0.05, 0.1) is 17.0 Å². The standard InChI is InChI=1S/C11H12BrNO/c1-2-9(7-8-13)14-11-6-4-3-5-10(11)12/h3-6,9H,2,7H2,1H3. The highest BCUT2D eigenvalue weighted by molar-refractivity contribution is 9.10. The Hall–Kier alpha value is -1.01. The molecule has 0 aliphatic carbocycles. The average molecular weight is 254 g/mol. The van der Waals surface area contributed by atoms with Gasteiger partial charge in [-0.2, -0.15) is 5.26 Å². The van der Waals surface area contributed by atoms with E-state index in [1.54, 1.807) is 0 Å². The van der Waals surface area contributed by atoms with Crippen LogP contribution in [0.5, 0.6) is 5.75 Å². The minimum atomic E-state index is -0.0151. The molecule has 0 spiro atoms. The third-order valence-corrected chi connectivity index (χ3v) is 2.56. The summed E-state index contributed by atoms with van der Waals surface area (Å²) < 4.78 is 6.59. The first kappa shape index (κ1) is 11.1. The van der Waals surface area contributed by atoms with Crippen molar-refractivity contribution in [3.63, 3.8) is 0 Å². The lowest BCUT2D eigenvalue weighted by Crippen LogP contribution is -2.14. The summed E-state index contributed by atoms with van der Waals surface area (Å²) in [5.41, 5.74) is 0. The Kier molecular flexibility index (Phi) is 4.48. The Labute approximate surface area is 92.6 Å². The first-order chi connectivity index (χ1) is 6.77. The molecular weight excluding hydrogens is 242 g/mol. The van der Waals surface area contributed by atoms with Gasteiger partial charge in [0, 0.05) is 0 Å². The molecule has 0 aromatic heterocycles. The van der Waals surface area contributed by atoms with Crippen LogP contribution < -0.4 is 4.74 Å². The van der Waals surface area contributed by atoms with Crippen molar-refractivity contribution in [1.82, 2.24) is 0 Å². The molecule has 0 bridgehead atoms. The van der Waals surface area contributed by atoms with Gasteiger partial charge in [0.25, 0.3) is 0 Å². The van der Waals surface area contributed by atoms with Crippen molar-refractivity contribution in [2.75, 3.05) is 0 Å². The number of ether oxygens (including phenoxy) is 1. The number of para-hydroxylation sites is 1. The zero-order chi connectivity index (χ0) is 10.4. The molecule has 1 atom stereocenters. The normalized spacial score (nSPS) is 11.8. The van der Waals surface area contributed by atoms with Crippen LogP contribution in [-0.2, 0) is 0 Å². The van der Waals surface area contributed by atoms with E-state index in [-0.39, 0.29) is 6.10 Å². The molecule has 0 aliphatic rings. The fraction of sp³-hybridized carbons (Fsp3) is 0.364. The quantitative estimate of drug-likeness (QED) is 0.823. The molecule has 74 valence electrons. The highest BCUT2D eigenvalue weighted by atomic mass is 79.9. The van der Waals surface area contributed by atoms with Crippen molar-refractivity contribution in [2.24, 2.45) is 0 Å². The Morgan fingerprint density at radius 2 is 2.21 bits per heavy atom. The lowest BCUT2D eigenvalue weighted by Gasteiger charge is -2.15. The van der Waals surface area contributed by atoms with Crippen LogP contribution in [0.2, 0.25) is 0 Å². The van der Waals surface area contributed by atoms with E-state index < -0.39 is 0 Å². The summed E-state index contributed by atoms with van der Waals surface area (Å²) in [4.78, 5) is 0. The van der Waals surface area contributed by atoms with E-state index in [9.17, 15) is 0 Å². The summed E-state index contributed by atoms with van der Waals surface area (Å²) in [6.07, 6.45) is 1.26. The third-order valence-electron chi connectivity index (χ3n) is 1.90. The van der Waals surface area contributed by atoms with Crippen molar-refractivity contribution < 1.29 is 4.74 Å². The van der Waals surface area contributed by atoms with Gasteiger partial charge in [-0.1, -0.05) is 19.1 Å². The van der Waals surface area contributed by atoms with E-state index >= 15 is 0 Å². The lowest BCUT2D eigenvalue weighted by molar-refractivity contribution is 0.201. The maximum absolute atomic E-state index is 8.57. The van der Waals surface area contributed by atoms with E-state index in [0.717, 1.165) is 16.6 Å². The molecule has 0 fully saturated rings. The average Bonchev–Trinajstić information content (AvgIpc) is 2.20. The summed E-state index contributed by atoms with van der Waals surface area (Å²) in [7, 11) is 0. The molecule has 0 aliphatic heterocycles. The van der Waals surface area contributed by atoms with Gasteiger partial charge in [0.1, 0.15) is 11.9 Å². The monoisotopic (exact) mass is 253 g/mol. The van der Waals surface area contributed by atoms with Gasteiger partial charge in [0.15, 0.2) is 0 Å². The van der Waals surface area contributed by atoms with Gasteiger partial charge in [-0.25, -0.2) is 0 Å². The minimum absolute atomic E-state index is 0.0151. The maximum atomic E-state index is 8.57. The van der Waals surface area contributed by atoms with Crippen LogP contribution in [0.3, 0.4) is 0 Å². The van der Waals surface area contributed by atoms with E-state index in [0.29, 0.717) is 6.42 Å². The summed E-state index contributed by atoms with van der Waals surface area (Å²) in [5.74, 6) is 0.801. The molecule has 0 saturated heterocycles. The van der Waals surface area contributed by atoms with Crippen LogP contribution in [0.15, 0.2) is 28.7 Å². The highest BCUT2D eigenvalue weighted by Crippen LogP contribution is 2.25. The van der Waals surface area contributed by atoms with Crippen LogP contribution in [0.1, 0.15) is 19.8 Å². The minimum Gasteiger partial charge on any atom is -0.488 e. The summed E-state index contributed by atoms with van der Waals surface area (Å²) >= 11 is 3.40. The molecule has 1 rings (SSSR count). The predicted molar refractivity (Wildman–Crippen MR) is 59.1 cm³/mol. The number of nitriles is 1. The molecule has 0 radical (unpaired) electrons. The highest BCUT2D eigenvalue weighted by Gasteiger charge is 2.08. The van der Waals surface area contributed by atoms with Gasteiger partial charge < -0.3 is 4.74 Å². The molecule has 2 nitrogen and oxygen atoms in total. The zero-order valence-electron chi connectivity index (χ0n) is 8.03.